The molecule has 1 aromatic heterocycles. The average molecular weight is 414 g/mol. The lowest BCUT2D eigenvalue weighted by molar-refractivity contribution is 0.0953. The molecule has 0 aliphatic carbocycles. The summed E-state index contributed by atoms with van der Waals surface area (Å²) in [5, 5.41) is 12.7. The van der Waals surface area contributed by atoms with E-state index in [4.69, 9.17) is 28.6 Å². The van der Waals surface area contributed by atoms with Gasteiger partial charge in [0, 0.05) is 22.5 Å². The van der Waals surface area contributed by atoms with Gasteiger partial charge in [0.2, 0.25) is 5.82 Å². The normalized spacial score (nSPS) is 11.8. The van der Waals surface area contributed by atoms with E-state index in [1.807, 2.05) is 5.32 Å². The van der Waals surface area contributed by atoms with Crippen LogP contribution in [0.3, 0.4) is 0 Å². The van der Waals surface area contributed by atoms with Crippen LogP contribution < -0.4 is 10.6 Å². The topological polar surface area (TPSA) is 90.8 Å². The summed E-state index contributed by atoms with van der Waals surface area (Å²) >= 11 is 12.1. The molecule has 0 atom stereocenters. The summed E-state index contributed by atoms with van der Waals surface area (Å²) in [4.78, 5) is 20.5. The van der Waals surface area contributed by atoms with Gasteiger partial charge in [-0.3, -0.25) is 4.79 Å². The van der Waals surface area contributed by atoms with E-state index in [0.29, 0.717) is 21.3 Å². The molecule has 142 valence electrons. The second kappa shape index (κ2) is 8.88. The van der Waals surface area contributed by atoms with Gasteiger partial charge in [-0.2, -0.15) is 8.78 Å². The summed E-state index contributed by atoms with van der Waals surface area (Å²) in [6.45, 7) is -0.154. The Morgan fingerprint density at radius 2 is 1.93 bits per heavy atom. The minimum Gasteiger partial charge on any atom is -0.332 e. The van der Waals surface area contributed by atoms with Crippen molar-refractivity contribution in [2.75, 3.05) is 0 Å². The smallest absolute Gasteiger partial charge is 0.312 e. The Labute approximate surface area is 164 Å². The number of nitrogens with one attached hydrogen (secondary N) is 3. The number of carbonyl (C=O) groups excluding carboxylic acids is 1. The van der Waals surface area contributed by atoms with Gasteiger partial charge in [0.25, 0.3) is 5.91 Å². The van der Waals surface area contributed by atoms with E-state index >= 15 is 0 Å². The number of nitrogens with zero attached hydrogens (tertiary/aromatic N) is 2. The molecule has 0 saturated heterocycles. The van der Waals surface area contributed by atoms with Gasteiger partial charge in [-0.1, -0.05) is 23.2 Å². The molecule has 3 N–H and O–H groups in total. The number of carbonyl (C=O) groups is 1. The number of amides is 1. The van der Waals surface area contributed by atoms with Gasteiger partial charge in [0.1, 0.15) is 0 Å². The van der Waals surface area contributed by atoms with Crippen molar-refractivity contribution in [3.63, 3.8) is 0 Å². The molecule has 2 aromatic rings. The lowest BCUT2D eigenvalue weighted by Gasteiger charge is -2.14. The first-order valence-corrected chi connectivity index (χ1v) is 8.35. The average Bonchev–Trinajstić information content (AvgIpc) is 2.60. The molecule has 0 fully saturated rings. The van der Waals surface area contributed by atoms with Crippen LogP contribution in [0.2, 0.25) is 10.0 Å². The molecule has 2 rings (SSSR count). The van der Waals surface area contributed by atoms with Gasteiger partial charge >= 0.3 is 6.55 Å². The zero-order valence-electron chi connectivity index (χ0n) is 14.3. The molecule has 0 spiro atoms. The molecule has 1 amide bonds. The van der Waals surface area contributed by atoms with Crippen LogP contribution in [0, 0.1) is 5.41 Å². The van der Waals surface area contributed by atoms with Crippen LogP contribution >= 0.6 is 23.2 Å². The molecule has 0 unspecified atom stereocenters. The first-order valence-electron chi connectivity index (χ1n) is 7.60. The molecule has 0 bridgehead atoms. The Bertz CT molecular complexity index is 918. The fraction of sp³-hybridized carbons (Fsp3) is 0.176. The van der Waals surface area contributed by atoms with E-state index in [1.54, 1.807) is 24.3 Å². The number of hydrogen-bond donors (Lipinski definition) is 3. The summed E-state index contributed by atoms with van der Waals surface area (Å²) < 4.78 is 25.0. The second-order valence-electron chi connectivity index (χ2n) is 5.41. The molecule has 1 aromatic carbocycles. The summed E-state index contributed by atoms with van der Waals surface area (Å²) in [7, 11) is 0. The third kappa shape index (κ3) is 5.45. The highest BCUT2D eigenvalue weighted by atomic mass is 35.5. The maximum atomic E-state index is 12.5. The maximum Gasteiger partial charge on any atom is 0.312 e. The molecule has 27 heavy (non-hydrogen) atoms. The van der Waals surface area contributed by atoms with Gasteiger partial charge in [0.15, 0.2) is 0 Å². The van der Waals surface area contributed by atoms with E-state index < -0.39 is 12.5 Å². The highest BCUT2D eigenvalue weighted by molar-refractivity contribution is 6.35. The van der Waals surface area contributed by atoms with Crippen LogP contribution in [0.5, 0.6) is 0 Å². The van der Waals surface area contributed by atoms with Gasteiger partial charge < -0.3 is 16.0 Å². The SMILES string of the molecule is CC(=N)/C(NC(=O)c1nccc(-c2cc(Cl)ccc2Cl)n1)=C(/C)NC(F)F. The van der Waals surface area contributed by atoms with Crippen molar-refractivity contribution in [1.82, 2.24) is 20.6 Å². The quantitative estimate of drug-likeness (QED) is 0.487. The predicted molar refractivity (Wildman–Crippen MR) is 100 cm³/mol. The van der Waals surface area contributed by atoms with Crippen LogP contribution in [0.4, 0.5) is 8.78 Å². The largest absolute Gasteiger partial charge is 0.332 e. The van der Waals surface area contributed by atoms with Crippen LogP contribution in [0.25, 0.3) is 11.3 Å². The Balaban J connectivity index is 2.34. The lowest BCUT2D eigenvalue weighted by Crippen LogP contribution is -2.32. The highest BCUT2D eigenvalue weighted by Crippen LogP contribution is 2.29. The number of allylic oxidation sites excluding steroid dienone is 2. The Kier molecular flexibility index (Phi) is 6.81. The number of rotatable bonds is 6. The van der Waals surface area contributed by atoms with Crippen LogP contribution in [-0.2, 0) is 0 Å². The number of alkyl halides is 2. The Morgan fingerprint density at radius 1 is 1.22 bits per heavy atom. The zero-order chi connectivity index (χ0) is 20.1. The first-order chi connectivity index (χ1) is 12.7. The van der Waals surface area contributed by atoms with E-state index in [-0.39, 0.29) is 22.9 Å². The molecule has 6 nitrogen and oxygen atoms in total. The minimum atomic E-state index is -2.83. The molecule has 0 aliphatic heterocycles. The lowest BCUT2D eigenvalue weighted by atomic mass is 10.1. The third-order valence-corrected chi connectivity index (χ3v) is 3.94. The molecule has 0 saturated carbocycles. The van der Waals surface area contributed by atoms with Crippen molar-refractivity contribution >= 4 is 34.8 Å². The van der Waals surface area contributed by atoms with Crippen molar-refractivity contribution in [2.24, 2.45) is 0 Å². The molecular weight excluding hydrogens is 399 g/mol. The summed E-state index contributed by atoms with van der Waals surface area (Å²) in [6, 6.07) is 6.36. The maximum absolute atomic E-state index is 12.5. The van der Waals surface area contributed by atoms with E-state index in [2.05, 4.69) is 15.3 Å². The number of hydrogen-bond acceptors (Lipinski definition) is 5. The summed E-state index contributed by atoms with van der Waals surface area (Å²) in [5.74, 6) is -0.973. The van der Waals surface area contributed by atoms with Crippen molar-refractivity contribution in [3.8, 4) is 11.3 Å². The Morgan fingerprint density at radius 3 is 2.56 bits per heavy atom. The molecule has 0 radical (unpaired) electrons. The Hall–Kier alpha value is -2.58. The van der Waals surface area contributed by atoms with Gasteiger partial charge in [0.05, 0.1) is 22.1 Å². The van der Waals surface area contributed by atoms with Crippen molar-refractivity contribution < 1.29 is 13.6 Å². The zero-order valence-corrected chi connectivity index (χ0v) is 15.8. The first kappa shape index (κ1) is 20.7. The van der Waals surface area contributed by atoms with Crippen LogP contribution in [0.15, 0.2) is 41.9 Å². The fourth-order valence-corrected chi connectivity index (χ4v) is 2.57. The number of aromatic nitrogens is 2. The molecule has 0 aliphatic rings. The van der Waals surface area contributed by atoms with E-state index in [1.165, 1.54) is 20.0 Å². The van der Waals surface area contributed by atoms with Crippen molar-refractivity contribution in [1.29, 1.82) is 5.41 Å². The predicted octanol–water partition coefficient (Wildman–Crippen LogP) is 4.26. The fourth-order valence-electron chi connectivity index (χ4n) is 2.19. The molecular formula is C17H15Cl2F2N5O. The van der Waals surface area contributed by atoms with Gasteiger partial charge in [-0.05, 0) is 38.1 Å². The van der Waals surface area contributed by atoms with Crippen molar-refractivity contribution in [3.05, 3.63) is 57.7 Å². The van der Waals surface area contributed by atoms with Crippen LogP contribution in [0.1, 0.15) is 24.5 Å². The highest BCUT2D eigenvalue weighted by Gasteiger charge is 2.17. The van der Waals surface area contributed by atoms with Crippen LogP contribution in [-0.4, -0.2) is 28.1 Å². The van der Waals surface area contributed by atoms with Gasteiger partial charge in [-0.25, -0.2) is 9.97 Å². The monoisotopic (exact) mass is 413 g/mol. The van der Waals surface area contributed by atoms with E-state index in [0.717, 1.165) is 0 Å². The van der Waals surface area contributed by atoms with Gasteiger partial charge in [-0.15, -0.1) is 0 Å². The standard InChI is InChI=1S/C17H15Cl2F2N5O/c1-8(22)14(9(2)24-17(20)21)26-16(27)15-23-6-5-13(25-15)11-7-10(18)3-4-12(11)19/h3-7,17,22,24H,1-2H3,(H,26,27)/b14-9+,22-8?. The van der Waals surface area contributed by atoms with E-state index in [9.17, 15) is 13.6 Å². The molecule has 10 heteroatoms. The number of benzene rings is 1. The van der Waals surface area contributed by atoms with Crippen molar-refractivity contribution in [2.45, 2.75) is 20.4 Å². The number of halogens is 4. The summed E-state index contributed by atoms with van der Waals surface area (Å²) in [6.07, 6.45) is 1.36. The third-order valence-electron chi connectivity index (χ3n) is 3.38. The second-order valence-corrected chi connectivity index (χ2v) is 6.26. The minimum absolute atomic E-state index is 0.0557. The summed E-state index contributed by atoms with van der Waals surface area (Å²) in [5.41, 5.74) is 0.621. The molecule has 1 heterocycles.